The van der Waals surface area contributed by atoms with Crippen molar-refractivity contribution in [1.82, 2.24) is 29.5 Å². The van der Waals surface area contributed by atoms with Crippen LogP contribution in [0.5, 0.6) is 0 Å². The molecule has 162 valence electrons. The number of aliphatic imine (C=N–C) groups is 1. The van der Waals surface area contributed by atoms with E-state index in [1.54, 1.807) is 0 Å². The average molecular weight is 542 g/mol. The van der Waals surface area contributed by atoms with Crippen molar-refractivity contribution in [1.29, 1.82) is 0 Å². The standard InChI is InChI=1S/C21H28ClN7.HI/c1-6-23-21(28(5)14-19-10-18(22)13-27(19)4)25-12-17-7-8-20(24-11-17)29-16(3)9-15(2)26-29;/h7-11,13H,6,12,14H2,1-5H3,(H,23,25);1H. The summed E-state index contributed by atoms with van der Waals surface area (Å²) in [5.74, 6) is 1.65. The highest BCUT2D eigenvalue weighted by molar-refractivity contribution is 14.0. The van der Waals surface area contributed by atoms with Crippen molar-refractivity contribution in [3.63, 3.8) is 0 Å². The van der Waals surface area contributed by atoms with Gasteiger partial charge >= 0.3 is 0 Å². The molecular formula is C21H29ClIN7. The molecule has 7 nitrogen and oxygen atoms in total. The minimum absolute atomic E-state index is 0. The maximum atomic E-state index is 6.10. The lowest BCUT2D eigenvalue weighted by Gasteiger charge is -2.22. The summed E-state index contributed by atoms with van der Waals surface area (Å²) < 4.78 is 3.88. The second-order valence-electron chi connectivity index (χ2n) is 7.15. The van der Waals surface area contributed by atoms with E-state index in [4.69, 9.17) is 16.6 Å². The van der Waals surface area contributed by atoms with Gasteiger partial charge < -0.3 is 14.8 Å². The number of hydrogen-bond acceptors (Lipinski definition) is 3. The number of guanidine groups is 1. The van der Waals surface area contributed by atoms with Gasteiger partial charge in [0.2, 0.25) is 0 Å². The Kier molecular flexibility index (Phi) is 8.72. The third kappa shape index (κ3) is 5.98. The molecule has 0 aliphatic heterocycles. The summed E-state index contributed by atoms with van der Waals surface area (Å²) >= 11 is 6.10. The van der Waals surface area contributed by atoms with E-state index in [2.05, 4.69) is 27.2 Å². The van der Waals surface area contributed by atoms with Crippen LogP contribution in [-0.4, -0.2) is 43.8 Å². The van der Waals surface area contributed by atoms with E-state index in [1.165, 1.54) is 0 Å². The van der Waals surface area contributed by atoms with Crippen molar-refractivity contribution in [2.24, 2.45) is 12.0 Å². The van der Waals surface area contributed by atoms with Crippen LogP contribution in [0, 0.1) is 13.8 Å². The smallest absolute Gasteiger partial charge is 0.194 e. The lowest BCUT2D eigenvalue weighted by molar-refractivity contribution is 0.462. The van der Waals surface area contributed by atoms with Gasteiger partial charge in [0, 0.05) is 44.4 Å². The zero-order valence-electron chi connectivity index (χ0n) is 18.1. The van der Waals surface area contributed by atoms with Gasteiger partial charge in [-0.15, -0.1) is 24.0 Å². The third-order valence-electron chi connectivity index (χ3n) is 4.62. The molecule has 1 N–H and O–H groups in total. The molecule has 0 saturated carbocycles. The summed E-state index contributed by atoms with van der Waals surface area (Å²) in [5, 5.41) is 8.57. The van der Waals surface area contributed by atoms with Crippen LogP contribution in [-0.2, 0) is 20.1 Å². The van der Waals surface area contributed by atoms with Crippen LogP contribution in [0.4, 0.5) is 0 Å². The molecule has 9 heteroatoms. The van der Waals surface area contributed by atoms with E-state index in [1.807, 2.05) is 73.9 Å². The summed E-state index contributed by atoms with van der Waals surface area (Å²) in [7, 11) is 4.02. The van der Waals surface area contributed by atoms with E-state index in [0.717, 1.165) is 46.0 Å². The van der Waals surface area contributed by atoms with Gasteiger partial charge in [0.15, 0.2) is 11.8 Å². The van der Waals surface area contributed by atoms with Gasteiger partial charge in [0.25, 0.3) is 0 Å². The van der Waals surface area contributed by atoms with Crippen molar-refractivity contribution in [3.8, 4) is 5.82 Å². The second-order valence-corrected chi connectivity index (χ2v) is 7.59. The molecule has 0 fully saturated rings. The van der Waals surface area contributed by atoms with Crippen LogP contribution in [0.3, 0.4) is 0 Å². The van der Waals surface area contributed by atoms with Gasteiger partial charge in [-0.2, -0.15) is 5.10 Å². The zero-order chi connectivity index (χ0) is 21.0. The monoisotopic (exact) mass is 541 g/mol. The van der Waals surface area contributed by atoms with Crippen LogP contribution in [0.2, 0.25) is 5.02 Å². The molecule has 0 aromatic carbocycles. The number of aryl methyl sites for hydroxylation is 3. The molecule has 0 aliphatic carbocycles. The van der Waals surface area contributed by atoms with E-state index in [0.29, 0.717) is 13.1 Å². The SMILES string of the molecule is CCNC(=NCc1ccc(-n2nc(C)cc2C)nc1)N(C)Cc1cc(Cl)cn1C.I. The number of rotatable bonds is 6. The van der Waals surface area contributed by atoms with Gasteiger partial charge in [-0.3, -0.25) is 0 Å². The maximum Gasteiger partial charge on any atom is 0.194 e. The Hall–Kier alpha value is -2.07. The Bertz CT molecular complexity index is 991. The molecular weight excluding hydrogens is 513 g/mol. The lowest BCUT2D eigenvalue weighted by atomic mass is 10.3. The largest absolute Gasteiger partial charge is 0.357 e. The average Bonchev–Trinajstić information content (AvgIpc) is 3.18. The number of halogens is 2. The maximum absolute atomic E-state index is 6.10. The fourth-order valence-corrected chi connectivity index (χ4v) is 3.45. The van der Waals surface area contributed by atoms with Crippen LogP contribution in [0.25, 0.3) is 5.82 Å². The first kappa shape index (κ1) is 24.2. The summed E-state index contributed by atoms with van der Waals surface area (Å²) in [6.07, 6.45) is 3.76. The molecule has 3 aromatic heterocycles. The summed E-state index contributed by atoms with van der Waals surface area (Å²) in [6, 6.07) is 8.04. The van der Waals surface area contributed by atoms with E-state index in [-0.39, 0.29) is 24.0 Å². The highest BCUT2D eigenvalue weighted by Crippen LogP contribution is 2.15. The van der Waals surface area contributed by atoms with Gasteiger partial charge in [0.05, 0.1) is 23.8 Å². The Morgan fingerprint density at radius 3 is 2.57 bits per heavy atom. The summed E-state index contributed by atoms with van der Waals surface area (Å²) in [4.78, 5) is 11.4. The summed E-state index contributed by atoms with van der Waals surface area (Å²) in [5.41, 5.74) is 4.22. The summed E-state index contributed by atoms with van der Waals surface area (Å²) in [6.45, 7) is 8.13. The molecule has 0 bridgehead atoms. The van der Waals surface area contributed by atoms with E-state index >= 15 is 0 Å². The van der Waals surface area contributed by atoms with Crippen LogP contribution < -0.4 is 5.32 Å². The first-order valence-electron chi connectivity index (χ1n) is 9.66. The normalized spacial score (nSPS) is 11.3. The molecule has 0 spiro atoms. The van der Waals surface area contributed by atoms with Crippen LogP contribution in [0.15, 0.2) is 41.7 Å². The molecule has 30 heavy (non-hydrogen) atoms. The number of hydrogen-bond donors (Lipinski definition) is 1. The molecule has 3 heterocycles. The first-order chi connectivity index (χ1) is 13.9. The van der Waals surface area contributed by atoms with Gasteiger partial charge in [-0.25, -0.2) is 14.7 Å². The minimum atomic E-state index is 0. The highest BCUT2D eigenvalue weighted by atomic mass is 127. The Morgan fingerprint density at radius 2 is 2.03 bits per heavy atom. The van der Waals surface area contributed by atoms with Crippen molar-refractivity contribution in [3.05, 3.63) is 64.3 Å². The molecule has 0 aliphatic rings. The zero-order valence-corrected chi connectivity index (χ0v) is 21.1. The molecule has 3 aromatic rings. The molecule has 3 rings (SSSR count). The Labute approximate surface area is 200 Å². The fraction of sp³-hybridized carbons (Fsp3) is 0.381. The Morgan fingerprint density at radius 1 is 1.27 bits per heavy atom. The van der Waals surface area contributed by atoms with Crippen LogP contribution >= 0.6 is 35.6 Å². The van der Waals surface area contributed by atoms with E-state index in [9.17, 15) is 0 Å². The van der Waals surface area contributed by atoms with Gasteiger partial charge in [-0.1, -0.05) is 17.7 Å². The second kappa shape index (κ2) is 10.8. The number of nitrogens with zero attached hydrogens (tertiary/aromatic N) is 6. The number of pyridine rings is 1. The molecule has 0 atom stereocenters. The highest BCUT2D eigenvalue weighted by Gasteiger charge is 2.10. The quantitative estimate of drug-likeness (QED) is 0.290. The number of nitrogens with one attached hydrogen (secondary N) is 1. The Balaban J connectivity index is 0.00000320. The van der Waals surface area contributed by atoms with Crippen LogP contribution in [0.1, 0.15) is 29.6 Å². The topological polar surface area (TPSA) is 63.3 Å². The number of aromatic nitrogens is 4. The van der Waals surface area contributed by atoms with Gasteiger partial charge in [-0.05, 0) is 44.5 Å². The minimum Gasteiger partial charge on any atom is -0.357 e. The van der Waals surface area contributed by atoms with E-state index < -0.39 is 0 Å². The van der Waals surface area contributed by atoms with Crippen molar-refractivity contribution in [2.45, 2.75) is 33.9 Å². The predicted molar refractivity (Wildman–Crippen MR) is 133 cm³/mol. The van der Waals surface area contributed by atoms with Crippen molar-refractivity contribution < 1.29 is 0 Å². The molecule has 0 unspecified atom stereocenters. The molecule has 0 radical (unpaired) electrons. The molecule has 0 saturated heterocycles. The fourth-order valence-electron chi connectivity index (χ4n) is 3.17. The predicted octanol–water partition coefficient (Wildman–Crippen LogP) is 4.09. The van der Waals surface area contributed by atoms with Crippen molar-refractivity contribution in [2.75, 3.05) is 13.6 Å². The molecule has 0 amide bonds. The third-order valence-corrected chi connectivity index (χ3v) is 4.82. The van der Waals surface area contributed by atoms with Crippen molar-refractivity contribution >= 4 is 41.5 Å². The first-order valence-corrected chi connectivity index (χ1v) is 10.0. The lowest BCUT2D eigenvalue weighted by Crippen LogP contribution is -2.38. The van der Waals surface area contributed by atoms with Gasteiger partial charge in [0.1, 0.15) is 0 Å².